The highest BCUT2D eigenvalue weighted by Gasteiger charge is 2.13. The molecule has 0 saturated heterocycles. The Morgan fingerprint density at radius 3 is 2.81 bits per heavy atom. The van der Waals surface area contributed by atoms with Gasteiger partial charge < -0.3 is 15.8 Å². The van der Waals surface area contributed by atoms with E-state index in [1.54, 1.807) is 35.1 Å². The average Bonchev–Trinajstić information content (AvgIpc) is 3.06. The molecule has 0 aliphatic carbocycles. The molecule has 0 radical (unpaired) electrons. The van der Waals surface area contributed by atoms with Gasteiger partial charge in [0.1, 0.15) is 18.2 Å². The van der Waals surface area contributed by atoms with Gasteiger partial charge in [-0.05, 0) is 42.0 Å². The zero-order valence-corrected chi connectivity index (χ0v) is 15.0. The van der Waals surface area contributed by atoms with Crippen molar-refractivity contribution in [3.05, 3.63) is 66.1 Å². The molecule has 0 bridgehead atoms. The highest BCUT2D eigenvalue weighted by molar-refractivity contribution is 5.93. The lowest BCUT2D eigenvalue weighted by Crippen LogP contribution is -2.15. The van der Waals surface area contributed by atoms with E-state index in [0.717, 1.165) is 11.3 Å². The minimum atomic E-state index is -0.361. The Labute approximate surface area is 156 Å². The Bertz CT molecular complexity index is 939. The van der Waals surface area contributed by atoms with Gasteiger partial charge in [-0.2, -0.15) is 5.10 Å². The maximum Gasteiger partial charge on any atom is 0.228 e. The van der Waals surface area contributed by atoms with E-state index in [-0.39, 0.29) is 18.1 Å². The molecule has 0 aliphatic rings. The van der Waals surface area contributed by atoms with Crippen molar-refractivity contribution in [3.8, 4) is 17.0 Å². The number of rotatable bonds is 7. The number of aryl methyl sites for hydroxylation is 1. The van der Waals surface area contributed by atoms with Gasteiger partial charge in [0.05, 0.1) is 12.1 Å². The largest absolute Gasteiger partial charge is 0.492 e. The lowest BCUT2D eigenvalue weighted by atomic mass is 10.1. The van der Waals surface area contributed by atoms with Crippen LogP contribution in [0.3, 0.4) is 0 Å². The first kappa shape index (κ1) is 18.6. The Morgan fingerprint density at radius 2 is 2.11 bits per heavy atom. The number of halogens is 1. The topological polar surface area (TPSA) is 82.2 Å². The molecule has 0 fully saturated rings. The second-order valence-corrected chi connectivity index (χ2v) is 6.04. The van der Waals surface area contributed by atoms with Gasteiger partial charge in [-0.3, -0.25) is 9.48 Å². The van der Waals surface area contributed by atoms with Crippen LogP contribution in [0, 0.1) is 5.82 Å². The highest BCUT2D eigenvalue weighted by Crippen LogP contribution is 2.32. The number of carbonyl (C=O) groups excluding carboxylic acids is 1. The van der Waals surface area contributed by atoms with Crippen molar-refractivity contribution in [3.63, 3.8) is 0 Å². The molecule has 140 valence electrons. The predicted molar refractivity (Wildman–Crippen MR) is 102 cm³/mol. The number of nitrogens with one attached hydrogen (secondary N) is 1. The fraction of sp³-hybridized carbons (Fsp3) is 0.200. The molecule has 1 amide bonds. The first-order valence-corrected chi connectivity index (χ1v) is 8.56. The predicted octanol–water partition coefficient (Wildman–Crippen LogP) is 2.74. The van der Waals surface area contributed by atoms with Crippen LogP contribution in [0.4, 0.5) is 10.1 Å². The number of carbonyl (C=O) groups is 1. The molecule has 0 atom stereocenters. The van der Waals surface area contributed by atoms with Crippen LogP contribution < -0.4 is 15.8 Å². The van der Waals surface area contributed by atoms with E-state index >= 15 is 0 Å². The second kappa shape index (κ2) is 8.46. The van der Waals surface area contributed by atoms with Gasteiger partial charge in [-0.1, -0.05) is 12.1 Å². The second-order valence-electron chi connectivity index (χ2n) is 6.04. The lowest BCUT2D eigenvalue weighted by molar-refractivity contribution is -0.115. The van der Waals surface area contributed by atoms with Crippen LogP contribution in [0.15, 0.2) is 54.7 Å². The average molecular weight is 368 g/mol. The van der Waals surface area contributed by atoms with Crippen LogP contribution in [-0.2, 0) is 18.3 Å². The maximum absolute atomic E-state index is 13.3. The number of ether oxygens (including phenoxy) is 1. The van der Waals surface area contributed by atoms with Crippen molar-refractivity contribution in [1.29, 1.82) is 0 Å². The van der Waals surface area contributed by atoms with Crippen molar-refractivity contribution in [2.45, 2.75) is 6.42 Å². The Balaban J connectivity index is 1.81. The molecular weight excluding hydrogens is 347 g/mol. The number of benzene rings is 2. The Kier molecular flexibility index (Phi) is 5.83. The number of hydrogen-bond acceptors (Lipinski definition) is 4. The zero-order chi connectivity index (χ0) is 19.2. The summed E-state index contributed by atoms with van der Waals surface area (Å²) in [6, 6.07) is 13.2. The third-order valence-corrected chi connectivity index (χ3v) is 3.99. The summed E-state index contributed by atoms with van der Waals surface area (Å²) in [5.41, 5.74) is 8.41. The molecule has 7 heteroatoms. The van der Waals surface area contributed by atoms with Crippen molar-refractivity contribution in [1.82, 2.24) is 9.78 Å². The number of nitrogens with two attached hydrogens (primary N) is 1. The van der Waals surface area contributed by atoms with E-state index in [4.69, 9.17) is 10.5 Å². The maximum atomic E-state index is 13.3. The van der Waals surface area contributed by atoms with E-state index < -0.39 is 0 Å². The number of aromatic nitrogens is 2. The Hall–Kier alpha value is -3.19. The van der Waals surface area contributed by atoms with Crippen LogP contribution in [0.1, 0.15) is 5.56 Å². The van der Waals surface area contributed by atoms with Crippen LogP contribution >= 0.6 is 0 Å². The minimum Gasteiger partial charge on any atom is -0.492 e. The van der Waals surface area contributed by atoms with Crippen molar-refractivity contribution >= 4 is 11.6 Å². The summed E-state index contributed by atoms with van der Waals surface area (Å²) < 4.78 is 20.7. The van der Waals surface area contributed by atoms with E-state index in [1.165, 1.54) is 12.1 Å². The monoisotopic (exact) mass is 368 g/mol. The number of amides is 1. The SMILES string of the molecule is Cn1nccc1-c1cc(NC(=O)Cc2cccc(F)c2)ccc1OCCN. The number of anilines is 1. The summed E-state index contributed by atoms with van der Waals surface area (Å²) in [7, 11) is 1.83. The van der Waals surface area contributed by atoms with Crippen LogP contribution in [-0.4, -0.2) is 28.8 Å². The van der Waals surface area contributed by atoms with Crippen LogP contribution in [0.2, 0.25) is 0 Å². The molecule has 3 N–H and O–H groups in total. The smallest absolute Gasteiger partial charge is 0.228 e. The van der Waals surface area contributed by atoms with Gasteiger partial charge in [0.15, 0.2) is 0 Å². The third kappa shape index (κ3) is 4.71. The molecular formula is C20H21FN4O2. The molecule has 1 aromatic heterocycles. The fourth-order valence-corrected chi connectivity index (χ4v) is 2.78. The fourth-order valence-electron chi connectivity index (χ4n) is 2.78. The minimum absolute atomic E-state index is 0.0875. The van der Waals surface area contributed by atoms with E-state index in [1.807, 2.05) is 19.2 Å². The normalized spacial score (nSPS) is 10.6. The van der Waals surface area contributed by atoms with Crippen molar-refractivity contribution < 1.29 is 13.9 Å². The van der Waals surface area contributed by atoms with E-state index in [2.05, 4.69) is 10.4 Å². The summed E-state index contributed by atoms with van der Waals surface area (Å²) in [6.07, 6.45) is 1.78. The zero-order valence-electron chi connectivity index (χ0n) is 15.0. The quantitative estimate of drug-likeness (QED) is 0.672. The summed E-state index contributed by atoms with van der Waals surface area (Å²) >= 11 is 0. The summed E-state index contributed by atoms with van der Waals surface area (Å²) in [6.45, 7) is 0.785. The number of hydrogen-bond donors (Lipinski definition) is 2. The standard InChI is InChI=1S/C20H21FN4O2/c1-25-18(7-9-23-25)17-13-16(5-6-19(17)27-10-8-22)24-20(26)12-14-3-2-4-15(21)11-14/h2-7,9,11,13H,8,10,12,22H2,1H3,(H,24,26). The van der Waals surface area contributed by atoms with E-state index in [0.29, 0.717) is 30.2 Å². The van der Waals surface area contributed by atoms with Crippen molar-refractivity contribution in [2.24, 2.45) is 12.8 Å². The molecule has 3 rings (SSSR count). The first-order chi connectivity index (χ1) is 13.1. The molecule has 0 aliphatic heterocycles. The van der Waals surface area contributed by atoms with Crippen LogP contribution in [0.5, 0.6) is 5.75 Å². The summed E-state index contributed by atoms with van der Waals surface area (Å²) in [5.74, 6) is 0.0690. The Morgan fingerprint density at radius 1 is 1.26 bits per heavy atom. The molecule has 2 aromatic carbocycles. The summed E-state index contributed by atoms with van der Waals surface area (Å²) in [5, 5.41) is 7.03. The molecule has 27 heavy (non-hydrogen) atoms. The van der Waals surface area contributed by atoms with Gasteiger partial charge in [0, 0.05) is 31.0 Å². The molecule has 0 saturated carbocycles. The first-order valence-electron chi connectivity index (χ1n) is 8.56. The number of nitrogens with zero attached hydrogens (tertiary/aromatic N) is 2. The van der Waals surface area contributed by atoms with E-state index in [9.17, 15) is 9.18 Å². The molecule has 1 heterocycles. The highest BCUT2D eigenvalue weighted by atomic mass is 19.1. The molecule has 0 unspecified atom stereocenters. The molecule has 6 nitrogen and oxygen atoms in total. The van der Waals surface area contributed by atoms with Crippen LogP contribution in [0.25, 0.3) is 11.3 Å². The molecule has 3 aromatic rings. The van der Waals surface area contributed by atoms with Gasteiger partial charge in [0.2, 0.25) is 5.91 Å². The van der Waals surface area contributed by atoms with Crippen molar-refractivity contribution in [2.75, 3.05) is 18.5 Å². The van der Waals surface area contributed by atoms with Gasteiger partial charge in [-0.15, -0.1) is 0 Å². The third-order valence-electron chi connectivity index (χ3n) is 3.99. The van der Waals surface area contributed by atoms with Gasteiger partial charge in [0.25, 0.3) is 0 Å². The lowest BCUT2D eigenvalue weighted by Gasteiger charge is -2.14. The van der Waals surface area contributed by atoms with Gasteiger partial charge >= 0.3 is 0 Å². The summed E-state index contributed by atoms with van der Waals surface area (Å²) in [4.78, 5) is 12.3. The molecule has 0 spiro atoms. The van der Waals surface area contributed by atoms with Gasteiger partial charge in [-0.25, -0.2) is 4.39 Å².